The second-order valence-corrected chi connectivity index (χ2v) is 12.0. The molecule has 0 saturated heterocycles. The van der Waals surface area contributed by atoms with Crippen molar-refractivity contribution in [2.75, 3.05) is 20.6 Å². The van der Waals surface area contributed by atoms with Crippen LogP contribution in [0.1, 0.15) is 175 Å². The Labute approximate surface area is 239 Å². The summed E-state index contributed by atoms with van der Waals surface area (Å²) in [5, 5.41) is 19.8. The molecule has 0 aliphatic rings. The van der Waals surface area contributed by atoms with Crippen molar-refractivity contribution in [3.63, 3.8) is 0 Å². The molecule has 0 heterocycles. The van der Waals surface area contributed by atoms with Crippen LogP contribution in [0.25, 0.3) is 0 Å². The van der Waals surface area contributed by atoms with E-state index in [1.165, 1.54) is 128 Å². The minimum absolute atomic E-state index is 0.220. The van der Waals surface area contributed by atoms with Crippen LogP contribution in [0.4, 0.5) is 0 Å². The maximum Gasteiger partial charge on any atom is 0.187 e. The number of hydrogen-bond donors (Lipinski definition) is 1. The SMILES string of the molecule is CCCCCCCCC=CCCCCCCCC(=O)[O-].CCCCCCCCCCCC[N+](C)(C)C(C)O. The van der Waals surface area contributed by atoms with Crippen LogP contribution in [0.2, 0.25) is 0 Å². The molecule has 0 spiro atoms. The van der Waals surface area contributed by atoms with E-state index < -0.39 is 5.97 Å². The van der Waals surface area contributed by atoms with E-state index in [4.69, 9.17) is 0 Å². The smallest absolute Gasteiger partial charge is 0.187 e. The molecule has 0 bridgehead atoms. The summed E-state index contributed by atoms with van der Waals surface area (Å²) in [6.07, 6.45) is 34.4. The lowest BCUT2D eigenvalue weighted by molar-refractivity contribution is -0.934. The predicted molar refractivity (Wildman–Crippen MR) is 165 cm³/mol. The first-order chi connectivity index (χ1) is 18.3. The van der Waals surface area contributed by atoms with Crippen LogP contribution in [0, 0.1) is 0 Å². The molecule has 38 heavy (non-hydrogen) atoms. The van der Waals surface area contributed by atoms with Crippen molar-refractivity contribution >= 4 is 5.97 Å². The van der Waals surface area contributed by atoms with Crippen LogP contribution >= 0.6 is 0 Å². The van der Waals surface area contributed by atoms with Gasteiger partial charge in [-0.25, -0.2) is 0 Å². The highest BCUT2D eigenvalue weighted by Gasteiger charge is 2.20. The van der Waals surface area contributed by atoms with Gasteiger partial charge in [0.1, 0.15) is 0 Å². The van der Waals surface area contributed by atoms with Gasteiger partial charge < -0.3 is 19.5 Å². The highest BCUT2D eigenvalue weighted by atomic mass is 16.4. The minimum Gasteiger partial charge on any atom is -0.550 e. The lowest BCUT2D eigenvalue weighted by atomic mass is 10.1. The van der Waals surface area contributed by atoms with Gasteiger partial charge in [-0.1, -0.05) is 129 Å². The number of aliphatic hydroxyl groups excluding tert-OH is 1. The zero-order chi connectivity index (χ0) is 28.7. The van der Waals surface area contributed by atoms with Gasteiger partial charge in [0.25, 0.3) is 0 Å². The number of aliphatic carboxylic acids is 1. The van der Waals surface area contributed by atoms with Crippen LogP contribution in [0.15, 0.2) is 12.2 Å². The van der Waals surface area contributed by atoms with E-state index in [2.05, 4.69) is 40.1 Å². The standard InChI is InChI=1S/C18H34O2.C16H36NO/c1-2-3-4-5-6-7-8-9-10-11-12-13-14-15-16-17-18(19)20;1-5-6-7-8-9-10-11-12-13-14-15-17(3,4)16(2)18/h9-10H,2-8,11-17H2,1H3,(H,19,20);16,18H,5-15H2,1-4H3/q;+1/p-1. The Balaban J connectivity index is 0. The quantitative estimate of drug-likeness (QED) is 0.0490. The van der Waals surface area contributed by atoms with E-state index in [0.29, 0.717) is 0 Å². The predicted octanol–water partition coefficient (Wildman–Crippen LogP) is 9.10. The number of carboxylic acids is 1. The topological polar surface area (TPSA) is 60.4 Å². The Hall–Kier alpha value is -0.870. The fourth-order valence-corrected chi connectivity index (χ4v) is 4.53. The number of unbranched alkanes of at least 4 members (excludes halogenated alkanes) is 20. The van der Waals surface area contributed by atoms with E-state index in [1.54, 1.807) is 0 Å². The Morgan fingerprint density at radius 2 is 0.974 bits per heavy atom. The van der Waals surface area contributed by atoms with Crippen molar-refractivity contribution in [2.24, 2.45) is 0 Å². The Bertz CT molecular complexity index is 502. The molecule has 0 amide bonds. The fourth-order valence-electron chi connectivity index (χ4n) is 4.53. The van der Waals surface area contributed by atoms with Crippen molar-refractivity contribution in [3.8, 4) is 0 Å². The van der Waals surface area contributed by atoms with Crippen LogP contribution in [0.3, 0.4) is 0 Å². The average molecular weight is 540 g/mol. The maximum absolute atomic E-state index is 10.2. The Morgan fingerprint density at radius 1 is 0.632 bits per heavy atom. The van der Waals surface area contributed by atoms with Crippen molar-refractivity contribution < 1.29 is 19.5 Å². The molecule has 0 aromatic carbocycles. The molecule has 0 fully saturated rings. The summed E-state index contributed by atoms with van der Waals surface area (Å²) in [6.45, 7) is 7.50. The van der Waals surface area contributed by atoms with Crippen LogP contribution in [0.5, 0.6) is 0 Å². The average Bonchev–Trinajstić information content (AvgIpc) is 2.87. The number of allylic oxidation sites excluding steroid dienone is 2. The number of aliphatic hydroxyl groups is 1. The van der Waals surface area contributed by atoms with Crippen molar-refractivity contribution in [3.05, 3.63) is 12.2 Å². The lowest BCUT2D eigenvalue weighted by Crippen LogP contribution is -2.47. The van der Waals surface area contributed by atoms with Gasteiger partial charge in [0.2, 0.25) is 0 Å². The van der Waals surface area contributed by atoms with Gasteiger partial charge in [0.05, 0.1) is 20.6 Å². The summed E-state index contributed by atoms with van der Waals surface area (Å²) in [5.41, 5.74) is 0. The number of rotatable bonds is 27. The van der Waals surface area contributed by atoms with Crippen LogP contribution in [-0.2, 0) is 4.79 Å². The van der Waals surface area contributed by atoms with Crippen LogP contribution < -0.4 is 5.11 Å². The summed E-state index contributed by atoms with van der Waals surface area (Å²) >= 11 is 0. The zero-order valence-electron chi connectivity index (χ0n) is 26.6. The highest BCUT2D eigenvalue weighted by molar-refractivity contribution is 5.64. The van der Waals surface area contributed by atoms with Crippen molar-refractivity contribution in [1.29, 1.82) is 0 Å². The third-order valence-corrected chi connectivity index (χ3v) is 7.74. The lowest BCUT2D eigenvalue weighted by Gasteiger charge is -2.32. The largest absolute Gasteiger partial charge is 0.550 e. The third kappa shape index (κ3) is 33.2. The van der Waals surface area contributed by atoms with E-state index in [-0.39, 0.29) is 12.6 Å². The molecular formula is C34H69NO3. The Morgan fingerprint density at radius 3 is 1.34 bits per heavy atom. The summed E-state index contributed by atoms with van der Waals surface area (Å²) in [4.78, 5) is 10.2. The number of quaternary nitrogens is 1. The summed E-state index contributed by atoms with van der Waals surface area (Å²) in [5.74, 6) is -0.914. The van der Waals surface area contributed by atoms with Gasteiger partial charge in [-0.15, -0.1) is 0 Å². The molecule has 1 N–H and O–H groups in total. The molecule has 0 saturated carbocycles. The maximum atomic E-state index is 10.2. The first-order valence-corrected chi connectivity index (χ1v) is 16.6. The molecule has 4 heteroatoms. The van der Waals surface area contributed by atoms with Gasteiger partial charge >= 0.3 is 0 Å². The van der Waals surface area contributed by atoms with E-state index in [9.17, 15) is 15.0 Å². The summed E-state index contributed by atoms with van der Waals surface area (Å²) in [6, 6.07) is 0. The molecule has 0 aromatic rings. The number of carboxylic acid groups (broad SMARTS) is 1. The van der Waals surface area contributed by atoms with E-state index in [1.807, 2.05) is 6.92 Å². The van der Waals surface area contributed by atoms with Gasteiger partial charge in [-0.2, -0.15) is 0 Å². The number of carbonyl (C=O) groups is 1. The normalized spacial score (nSPS) is 12.5. The molecule has 1 atom stereocenters. The molecule has 0 aliphatic heterocycles. The minimum atomic E-state index is -0.914. The monoisotopic (exact) mass is 540 g/mol. The summed E-state index contributed by atoms with van der Waals surface area (Å²) in [7, 11) is 4.22. The van der Waals surface area contributed by atoms with Gasteiger partial charge in [0, 0.05) is 12.9 Å². The van der Waals surface area contributed by atoms with Crippen molar-refractivity contribution in [2.45, 2.75) is 181 Å². The molecule has 0 rings (SSSR count). The van der Waals surface area contributed by atoms with Gasteiger partial charge in [-0.3, -0.25) is 0 Å². The zero-order valence-corrected chi connectivity index (χ0v) is 26.6. The number of hydrogen-bond acceptors (Lipinski definition) is 3. The molecule has 0 aliphatic carbocycles. The molecule has 4 nitrogen and oxygen atoms in total. The van der Waals surface area contributed by atoms with Crippen LogP contribution in [-0.4, -0.2) is 42.4 Å². The highest BCUT2D eigenvalue weighted by Crippen LogP contribution is 2.13. The summed E-state index contributed by atoms with van der Waals surface area (Å²) < 4.78 is 0.733. The molecule has 0 radical (unpaired) electrons. The van der Waals surface area contributed by atoms with Gasteiger partial charge in [-0.05, 0) is 51.4 Å². The first kappa shape index (κ1) is 39.3. The first-order valence-electron chi connectivity index (χ1n) is 16.6. The third-order valence-electron chi connectivity index (χ3n) is 7.74. The molecular weight excluding hydrogens is 470 g/mol. The van der Waals surface area contributed by atoms with Crippen molar-refractivity contribution in [1.82, 2.24) is 0 Å². The second kappa shape index (κ2) is 30.7. The molecule has 228 valence electrons. The molecule has 0 aromatic heterocycles. The Kier molecular flexibility index (Phi) is 31.7. The van der Waals surface area contributed by atoms with Gasteiger partial charge in [0.15, 0.2) is 6.23 Å². The van der Waals surface area contributed by atoms with E-state index in [0.717, 1.165) is 30.3 Å². The second-order valence-electron chi connectivity index (χ2n) is 12.0. The number of nitrogens with zero attached hydrogens (tertiary/aromatic N) is 1. The van der Waals surface area contributed by atoms with E-state index >= 15 is 0 Å². The molecule has 1 unspecified atom stereocenters. The number of carbonyl (C=O) groups excluding carboxylic acids is 1. The fraction of sp³-hybridized carbons (Fsp3) is 0.912.